The Bertz CT molecular complexity index is 715. The van der Waals surface area contributed by atoms with Gasteiger partial charge in [-0.05, 0) is 40.6 Å². The highest BCUT2D eigenvalue weighted by Gasteiger charge is 1.97. The van der Waals surface area contributed by atoms with Gasteiger partial charge >= 0.3 is 0 Å². The summed E-state index contributed by atoms with van der Waals surface area (Å²) in [5.41, 5.74) is 1.15. The standard InChI is InChI=1S/C16H14N2O/c1-19-15-6-5-13-10-12(2-4-14(13)11-15)3-7-16-17-8-9-18-16/h2-11H,1H3,(H,17,18)/b7-3+. The zero-order chi connectivity index (χ0) is 13.1. The molecule has 1 N–H and O–H groups in total. The number of hydrogen-bond acceptors (Lipinski definition) is 2. The van der Waals surface area contributed by atoms with Crippen LogP contribution in [0.15, 0.2) is 48.8 Å². The Morgan fingerprint density at radius 3 is 2.68 bits per heavy atom. The minimum absolute atomic E-state index is 0.856. The van der Waals surface area contributed by atoms with Crippen molar-refractivity contribution in [3.63, 3.8) is 0 Å². The summed E-state index contributed by atoms with van der Waals surface area (Å²) in [6.45, 7) is 0. The first-order chi connectivity index (χ1) is 9.35. The van der Waals surface area contributed by atoms with Crippen molar-refractivity contribution in [1.29, 1.82) is 0 Å². The van der Waals surface area contributed by atoms with Gasteiger partial charge in [-0.2, -0.15) is 0 Å². The first-order valence-corrected chi connectivity index (χ1v) is 6.10. The molecule has 0 aliphatic rings. The van der Waals surface area contributed by atoms with E-state index in [-0.39, 0.29) is 0 Å². The molecule has 3 heteroatoms. The summed E-state index contributed by atoms with van der Waals surface area (Å²) < 4.78 is 5.22. The van der Waals surface area contributed by atoms with Crippen LogP contribution in [0.2, 0.25) is 0 Å². The molecule has 0 unspecified atom stereocenters. The molecule has 0 bridgehead atoms. The van der Waals surface area contributed by atoms with Crippen molar-refractivity contribution in [3.8, 4) is 5.75 Å². The third-order valence-electron chi connectivity index (χ3n) is 3.02. The number of hydrogen-bond donors (Lipinski definition) is 1. The van der Waals surface area contributed by atoms with Crippen LogP contribution in [0, 0.1) is 0 Å². The van der Waals surface area contributed by atoms with Gasteiger partial charge in [-0.15, -0.1) is 0 Å². The van der Waals surface area contributed by atoms with Crippen LogP contribution in [0.25, 0.3) is 22.9 Å². The number of aromatic amines is 1. The number of imidazole rings is 1. The molecule has 0 aliphatic heterocycles. The van der Waals surface area contributed by atoms with Crippen LogP contribution in [-0.2, 0) is 0 Å². The molecule has 0 fully saturated rings. The van der Waals surface area contributed by atoms with Gasteiger partial charge in [0, 0.05) is 12.4 Å². The van der Waals surface area contributed by atoms with Crippen LogP contribution >= 0.6 is 0 Å². The lowest BCUT2D eigenvalue weighted by molar-refractivity contribution is 0.415. The number of methoxy groups -OCH3 is 1. The average molecular weight is 250 g/mol. The maximum Gasteiger partial charge on any atom is 0.129 e. The van der Waals surface area contributed by atoms with Gasteiger partial charge in [-0.3, -0.25) is 0 Å². The quantitative estimate of drug-likeness (QED) is 0.769. The highest BCUT2D eigenvalue weighted by atomic mass is 16.5. The minimum atomic E-state index is 0.856. The van der Waals surface area contributed by atoms with E-state index in [1.165, 1.54) is 10.8 Å². The van der Waals surface area contributed by atoms with Gasteiger partial charge in [0.05, 0.1) is 7.11 Å². The average Bonchev–Trinajstić information content (AvgIpc) is 2.97. The summed E-state index contributed by atoms with van der Waals surface area (Å²) in [6.07, 6.45) is 7.56. The van der Waals surface area contributed by atoms with Crippen molar-refractivity contribution in [2.75, 3.05) is 7.11 Å². The summed E-state index contributed by atoms with van der Waals surface area (Å²) in [4.78, 5) is 7.20. The lowest BCUT2D eigenvalue weighted by Gasteiger charge is -2.03. The molecule has 0 saturated heterocycles. The van der Waals surface area contributed by atoms with E-state index in [9.17, 15) is 0 Å². The van der Waals surface area contributed by atoms with Crippen molar-refractivity contribution in [2.24, 2.45) is 0 Å². The number of aromatic nitrogens is 2. The zero-order valence-corrected chi connectivity index (χ0v) is 10.6. The fourth-order valence-electron chi connectivity index (χ4n) is 2.02. The number of benzene rings is 2. The number of ether oxygens (including phenoxy) is 1. The lowest BCUT2D eigenvalue weighted by Crippen LogP contribution is -1.82. The van der Waals surface area contributed by atoms with Gasteiger partial charge in [-0.25, -0.2) is 4.98 Å². The zero-order valence-electron chi connectivity index (χ0n) is 10.6. The van der Waals surface area contributed by atoms with Gasteiger partial charge in [-0.1, -0.05) is 24.3 Å². The monoisotopic (exact) mass is 250 g/mol. The van der Waals surface area contributed by atoms with E-state index in [0.717, 1.165) is 17.1 Å². The molecule has 1 heterocycles. The van der Waals surface area contributed by atoms with Crippen molar-refractivity contribution in [1.82, 2.24) is 9.97 Å². The third-order valence-corrected chi connectivity index (χ3v) is 3.02. The van der Waals surface area contributed by atoms with Gasteiger partial charge in [0.1, 0.15) is 11.6 Å². The molecule has 3 aromatic rings. The number of fused-ring (bicyclic) bond motifs is 1. The van der Waals surface area contributed by atoms with E-state index in [1.54, 1.807) is 13.3 Å². The Hall–Kier alpha value is -2.55. The summed E-state index contributed by atoms with van der Waals surface area (Å²) in [7, 11) is 1.68. The van der Waals surface area contributed by atoms with E-state index < -0.39 is 0 Å². The molecule has 3 rings (SSSR count). The molecule has 94 valence electrons. The van der Waals surface area contributed by atoms with Crippen LogP contribution in [0.3, 0.4) is 0 Å². The summed E-state index contributed by atoms with van der Waals surface area (Å²) in [6, 6.07) is 12.4. The van der Waals surface area contributed by atoms with Crippen molar-refractivity contribution in [3.05, 3.63) is 60.2 Å². The van der Waals surface area contributed by atoms with E-state index in [2.05, 4.69) is 34.2 Å². The van der Waals surface area contributed by atoms with Crippen LogP contribution in [0.4, 0.5) is 0 Å². The van der Waals surface area contributed by atoms with Crippen LogP contribution in [0.1, 0.15) is 11.4 Å². The maximum atomic E-state index is 5.22. The molecule has 0 saturated carbocycles. The second kappa shape index (κ2) is 4.98. The molecule has 1 aromatic heterocycles. The fraction of sp³-hybridized carbons (Fsp3) is 0.0625. The molecule has 2 aromatic carbocycles. The van der Waals surface area contributed by atoms with E-state index in [4.69, 9.17) is 4.74 Å². The highest BCUT2D eigenvalue weighted by Crippen LogP contribution is 2.22. The van der Waals surface area contributed by atoms with Crippen LogP contribution < -0.4 is 4.74 Å². The minimum Gasteiger partial charge on any atom is -0.497 e. The molecule has 3 nitrogen and oxygen atoms in total. The van der Waals surface area contributed by atoms with Gasteiger partial charge in [0.15, 0.2) is 0 Å². The molecular weight excluding hydrogens is 236 g/mol. The second-order valence-electron chi connectivity index (χ2n) is 4.28. The SMILES string of the molecule is COc1ccc2cc(/C=C/c3ncc[nH]3)ccc2c1. The van der Waals surface area contributed by atoms with Gasteiger partial charge < -0.3 is 9.72 Å². The van der Waals surface area contributed by atoms with Crippen molar-refractivity contribution < 1.29 is 4.74 Å². The Kier molecular flexibility index (Phi) is 3.02. The molecular formula is C16H14N2O. The molecule has 0 radical (unpaired) electrons. The molecule has 19 heavy (non-hydrogen) atoms. The topological polar surface area (TPSA) is 37.9 Å². The Morgan fingerprint density at radius 1 is 1.05 bits per heavy atom. The first kappa shape index (κ1) is 11.5. The largest absolute Gasteiger partial charge is 0.497 e. The lowest BCUT2D eigenvalue weighted by atomic mass is 10.1. The van der Waals surface area contributed by atoms with E-state index in [1.807, 2.05) is 30.5 Å². The second-order valence-corrected chi connectivity index (χ2v) is 4.28. The summed E-state index contributed by atoms with van der Waals surface area (Å²) in [5.74, 6) is 1.74. The summed E-state index contributed by atoms with van der Waals surface area (Å²) >= 11 is 0. The van der Waals surface area contributed by atoms with E-state index >= 15 is 0 Å². The van der Waals surface area contributed by atoms with E-state index in [0.29, 0.717) is 0 Å². The number of nitrogens with zero attached hydrogens (tertiary/aromatic N) is 1. The van der Waals surface area contributed by atoms with Gasteiger partial charge in [0.25, 0.3) is 0 Å². The first-order valence-electron chi connectivity index (χ1n) is 6.10. The highest BCUT2D eigenvalue weighted by molar-refractivity contribution is 5.86. The van der Waals surface area contributed by atoms with Crippen LogP contribution in [-0.4, -0.2) is 17.1 Å². The molecule has 0 atom stereocenters. The number of H-pyrrole nitrogens is 1. The van der Waals surface area contributed by atoms with Gasteiger partial charge in [0.2, 0.25) is 0 Å². The van der Waals surface area contributed by atoms with Crippen LogP contribution in [0.5, 0.6) is 5.75 Å². The number of nitrogens with one attached hydrogen (secondary N) is 1. The number of rotatable bonds is 3. The third kappa shape index (κ3) is 2.50. The predicted molar refractivity (Wildman–Crippen MR) is 78.0 cm³/mol. The van der Waals surface area contributed by atoms with Crippen molar-refractivity contribution >= 4 is 22.9 Å². The fourth-order valence-corrected chi connectivity index (χ4v) is 2.02. The normalized spacial score (nSPS) is 11.2. The maximum absolute atomic E-state index is 5.22. The summed E-state index contributed by atoms with van der Waals surface area (Å²) in [5, 5.41) is 2.37. The molecule has 0 aliphatic carbocycles. The molecule has 0 spiro atoms. The Morgan fingerprint density at radius 2 is 1.89 bits per heavy atom. The molecule has 0 amide bonds. The van der Waals surface area contributed by atoms with Crippen molar-refractivity contribution in [2.45, 2.75) is 0 Å². The Labute approximate surface area is 111 Å². The smallest absolute Gasteiger partial charge is 0.129 e. The Balaban J connectivity index is 1.93. The predicted octanol–water partition coefficient (Wildman–Crippen LogP) is 3.74.